The molecule has 0 spiro atoms. The third-order valence-electron chi connectivity index (χ3n) is 4.07. The highest BCUT2D eigenvalue weighted by molar-refractivity contribution is 7.89. The number of sulfonamides is 1. The number of rotatable bonds is 5. The minimum atomic E-state index is -3.90. The Bertz CT molecular complexity index is 926. The molecule has 0 fully saturated rings. The fourth-order valence-corrected chi connectivity index (χ4v) is 3.77. The van der Waals surface area contributed by atoms with E-state index in [-0.39, 0.29) is 4.90 Å². The summed E-state index contributed by atoms with van der Waals surface area (Å²) in [5.41, 5.74) is 1.67. The second-order valence-electron chi connectivity index (χ2n) is 6.36. The molecule has 2 aromatic rings. The molecule has 0 saturated heterocycles. The summed E-state index contributed by atoms with van der Waals surface area (Å²) in [7, 11) is -3.90. The van der Waals surface area contributed by atoms with Gasteiger partial charge in [-0.15, -0.1) is 0 Å². The van der Waals surface area contributed by atoms with Crippen LogP contribution in [0.1, 0.15) is 18.9 Å². The van der Waals surface area contributed by atoms with Crippen molar-refractivity contribution in [2.45, 2.75) is 31.2 Å². The molecule has 0 radical (unpaired) electrons. The molecule has 8 heteroatoms. The van der Waals surface area contributed by atoms with Gasteiger partial charge in [0.05, 0.1) is 24.2 Å². The van der Waals surface area contributed by atoms with Crippen LogP contribution in [0.15, 0.2) is 47.4 Å². The van der Waals surface area contributed by atoms with Gasteiger partial charge in [0.15, 0.2) is 11.5 Å². The largest absolute Gasteiger partial charge is 0.490 e. The normalized spacial score (nSPS) is 14.9. The Morgan fingerprint density at radius 2 is 1.70 bits per heavy atom. The summed E-state index contributed by atoms with van der Waals surface area (Å²) in [4.78, 5) is 12.3. The van der Waals surface area contributed by atoms with Gasteiger partial charge in [0.25, 0.3) is 0 Å². The second-order valence-corrected chi connectivity index (χ2v) is 8.07. The molecule has 2 N–H and O–H groups in total. The molecule has 2 aromatic carbocycles. The molecule has 27 heavy (non-hydrogen) atoms. The van der Waals surface area contributed by atoms with Gasteiger partial charge in [-0.3, -0.25) is 4.79 Å². The van der Waals surface area contributed by atoms with Crippen molar-refractivity contribution in [3.8, 4) is 11.5 Å². The lowest BCUT2D eigenvalue weighted by molar-refractivity contribution is -0.117. The summed E-state index contributed by atoms with van der Waals surface area (Å²) in [5, 5.41) is 2.69. The molecule has 144 valence electrons. The monoisotopic (exact) mass is 390 g/mol. The molecule has 1 amide bonds. The van der Waals surface area contributed by atoms with Crippen LogP contribution in [-0.2, 0) is 14.8 Å². The quantitative estimate of drug-likeness (QED) is 0.818. The van der Waals surface area contributed by atoms with E-state index in [1.54, 1.807) is 18.2 Å². The molecule has 1 aliphatic heterocycles. The standard InChI is InChI=1S/C19H22N2O5S/c1-13-4-6-15(7-5-13)20-19(22)14(2)21-27(23,24)16-8-9-17-18(12-16)26-11-3-10-25-17/h4-9,12,14,21H,3,10-11H2,1-2H3,(H,20,22). The van der Waals surface area contributed by atoms with Crippen LogP contribution in [0, 0.1) is 6.92 Å². The van der Waals surface area contributed by atoms with Gasteiger partial charge in [-0.25, -0.2) is 8.42 Å². The molecule has 1 unspecified atom stereocenters. The topological polar surface area (TPSA) is 93.7 Å². The fourth-order valence-electron chi connectivity index (χ4n) is 2.55. The molecular formula is C19H22N2O5S. The maximum absolute atomic E-state index is 12.6. The minimum absolute atomic E-state index is 0.0155. The van der Waals surface area contributed by atoms with Gasteiger partial charge in [-0.2, -0.15) is 4.72 Å². The van der Waals surface area contributed by atoms with Crippen molar-refractivity contribution in [3.63, 3.8) is 0 Å². The van der Waals surface area contributed by atoms with Gasteiger partial charge < -0.3 is 14.8 Å². The minimum Gasteiger partial charge on any atom is -0.490 e. The van der Waals surface area contributed by atoms with Crippen LogP contribution in [0.2, 0.25) is 0 Å². The Hall–Kier alpha value is -2.58. The second kappa shape index (κ2) is 7.98. The highest BCUT2D eigenvalue weighted by atomic mass is 32.2. The Morgan fingerprint density at radius 1 is 1.04 bits per heavy atom. The lowest BCUT2D eigenvalue weighted by Crippen LogP contribution is -2.41. The number of ether oxygens (including phenoxy) is 2. The van der Waals surface area contributed by atoms with Gasteiger partial charge in [-0.05, 0) is 38.1 Å². The first-order chi connectivity index (χ1) is 12.8. The van der Waals surface area contributed by atoms with Crippen LogP contribution in [0.25, 0.3) is 0 Å². The van der Waals surface area contributed by atoms with Crippen LogP contribution in [-0.4, -0.2) is 33.6 Å². The van der Waals surface area contributed by atoms with Crippen molar-refractivity contribution in [2.24, 2.45) is 0 Å². The average molecular weight is 390 g/mol. The third-order valence-corrected chi connectivity index (χ3v) is 5.61. The first-order valence-electron chi connectivity index (χ1n) is 8.65. The van der Waals surface area contributed by atoms with Crippen LogP contribution in [0.4, 0.5) is 5.69 Å². The molecule has 0 bridgehead atoms. The number of carbonyl (C=O) groups excluding carboxylic acids is 1. The predicted octanol–water partition coefficient (Wildman–Crippen LogP) is 2.46. The van der Waals surface area contributed by atoms with E-state index in [0.29, 0.717) is 30.4 Å². The number of nitrogens with one attached hydrogen (secondary N) is 2. The summed E-state index contributed by atoms with van der Waals surface area (Å²) in [6, 6.07) is 10.7. The van der Waals surface area contributed by atoms with Crippen molar-refractivity contribution in [2.75, 3.05) is 18.5 Å². The van der Waals surface area contributed by atoms with E-state index < -0.39 is 22.0 Å². The average Bonchev–Trinajstić information content (AvgIpc) is 2.88. The zero-order valence-corrected chi connectivity index (χ0v) is 16.0. The molecule has 1 heterocycles. The van der Waals surface area contributed by atoms with E-state index in [2.05, 4.69) is 10.0 Å². The first kappa shape index (κ1) is 19.2. The number of amides is 1. The fraction of sp³-hybridized carbons (Fsp3) is 0.316. The lowest BCUT2D eigenvalue weighted by atomic mass is 10.2. The van der Waals surface area contributed by atoms with Crippen LogP contribution in [0.5, 0.6) is 11.5 Å². The van der Waals surface area contributed by atoms with Gasteiger partial charge in [0, 0.05) is 18.2 Å². The summed E-state index contributed by atoms with van der Waals surface area (Å²) in [5.74, 6) is 0.445. The van der Waals surface area contributed by atoms with E-state index in [1.807, 2.05) is 19.1 Å². The number of fused-ring (bicyclic) bond motifs is 1. The Balaban J connectivity index is 1.70. The van der Waals surface area contributed by atoms with Gasteiger partial charge in [-0.1, -0.05) is 17.7 Å². The van der Waals surface area contributed by atoms with E-state index >= 15 is 0 Å². The summed E-state index contributed by atoms with van der Waals surface area (Å²) < 4.78 is 38.7. The van der Waals surface area contributed by atoms with E-state index in [1.165, 1.54) is 19.1 Å². The smallest absolute Gasteiger partial charge is 0.242 e. The molecule has 7 nitrogen and oxygen atoms in total. The SMILES string of the molecule is Cc1ccc(NC(=O)C(C)NS(=O)(=O)c2ccc3c(c2)OCCCO3)cc1. The van der Waals surface area contributed by atoms with E-state index in [9.17, 15) is 13.2 Å². The predicted molar refractivity (Wildman–Crippen MR) is 102 cm³/mol. The van der Waals surface area contributed by atoms with Crippen molar-refractivity contribution in [1.29, 1.82) is 0 Å². The maximum atomic E-state index is 12.6. The van der Waals surface area contributed by atoms with Crippen molar-refractivity contribution in [3.05, 3.63) is 48.0 Å². The van der Waals surface area contributed by atoms with Gasteiger partial charge in [0.1, 0.15) is 0 Å². The highest BCUT2D eigenvalue weighted by Crippen LogP contribution is 2.31. The number of hydrogen-bond acceptors (Lipinski definition) is 5. The Morgan fingerprint density at radius 3 is 2.41 bits per heavy atom. The summed E-state index contributed by atoms with van der Waals surface area (Å²) >= 11 is 0. The molecule has 0 aromatic heterocycles. The van der Waals surface area contributed by atoms with E-state index in [4.69, 9.17) is 9.47 Å². The number of hydrogen-bond donors (Lipinski definition) is 2. The van der Waals surface area contributed by atoms with Crippen molar-refractivity contribution < 1.29 is 22.7 Å². The third kappa shape index (κ3) is 4.78. The first-order valence-corrected chi connectivity index (χ1v) is 10.1. The number of carbonyl (C=O) groups is 1. The highest BCUT2D eigenvalue weighted by Gasteiger charge is 2.24. The zero-order valence-electron chi connectivity index (χ0n) is 15.2. The Labute approximate surface area is 158 Å². The summed E-state index contributed by atoms with van der Waals surface area (Å²) in [6.07, 6.45) is 0.727. The maximum Gasteiger partial charge on any atom is 0.242 e. The molecule has 1 atom stereocenters. The Kier molecular flexibility index (Phi) is 5.67. The number of anilines is 1. The van der Waals surface area contributed by atoms with Crippen LogP contribution in [0.3, 0.4) is 0 Å². The number of benzene rings is 2. The lowest BCUT2D eigenvalue weighted by Gasteiger charge is -2.15. The van der Waals surface area contributed by atoms with Crippen molar-refractivity contribution >= 4 is 21.6 Å². The number of aryl methyl sites for hydroxylation is 1. The molecular weight excluding hydrogens is 368 g/mol. The summed E-state index contributed by atoms with van der Waals surface area (Å²) in [6.45, 7) is 4.41. The molecule has 0 aliphatic carbocycles. The molecule has 1 aliphatic rings. The van der Waals surface area contributed by atoms with E-state index in [0.717, 1.165) is 12.0 Å². The van der Waals surface area contributed by atoms with Crippen LogP contribution >= 0.6 is 0 Å². The molecule has 3 rings (SSSR count). The molecule has 0 saturated carbocycles. The van der Waals surface area contributed by atoms with Crippen LogP contribution < -0.4 is 19.5 Å². The van der Waals surface area contributed by atoms with Crippen molar-refractivity contribution in [1.82, 2.24) is 4.72 Å². The zero-order chi connectivity index (χ0) is 19.4. The van der Waals surface area contributed by atoms with Gasteiger partial charge in [0.2, 0.25) is 15.9 Å². The van der Waals surface area contributed by atoms with Gasteiger partial charge >= 0.3 is 0 Å².